The van der Waals surface area contributed by atoms with Gasteiger partial charge in [0.15, 0.2) is 5.78 Å². The molecule has 2 heterocycles. The predicted octanol–water partition coefficient (Wildman–Crippen LogP) is 3.18. The summed E-state index contributed by atoms with van der Waals surface area (Å²) in [6.45, 7) is 0.715. The number of carbonyl (C=O) groups is 1. The van der Waals surface area contributed by atoms with Crippen molar-refractivity contribution in [1.29, 1.82) is 0 Å². The average Bonchev–Trinajstić information content (AvgIpc) is 2.94. The lowest BCUT2D eigenvalue weighted by Crippen LogP contribution is -2.42. The molecule has 0 aliphatic carbocycles. The van der Waals surface area contributed by atoms with Gasteiger partial charge in [0.25, 0.3) is 0 Å². The first-order chi connectivity index (χ1) is 9.72. The first-order valence-corrected chi connectivity index (χ1v) is 8.28. The van der Waals surface area contributed by atoms with Crippen LogP contribution in [-0.2, 0) is 4.74 Å². The molecule has 1 aromatic carbocycles. The van der Waals surface area contributed by atoms with Crippen LogP contribution in [0.4, 0.5) is 0 Å². The Balaban J connectivity index is 1.72. The molecule has 2 fully saturated rings. The normalized spacial score (nSPS) is 29.6. The minimum atomic E-state index is -0.0320. The van der Waals surface area contributed by atoms with Crippen LogP contribution in [0.25, 0.3) is 0 Å². The van der Waals surface area contributed by atoms with Crippen molar-refractivity contribution in [3.63, 3.8) is 0 Å². The second kappa shape index (κ2) is 5.78. The van der Waals surface area contributed by atoms with Crippen LogP contribution in [0.5, 0.6) is 5.75 Å². The van der Waals surface area contributed by atoms with E-state index in [2.05, 4.69) is 0 Å². The Morgan fingerprint density at radius 3 is 2.85 bits per heavy atom. The van der Waals surface area contributed by atoms with Crippen molar-refractivity contribution < 1.29 is 14.3 Å². The molecule has 2 saturated heterocycles. The highest BCUT2D eigenvalue weighted by atomic mass is 32.2. The third kappa shape index (κ3) is 2.72. The van der Waals surface area contributed by atoms with Crippen molar-refractivity contribution in [2.24, 2.45) is 5.92 Å². The van der Waals surface area contributed by atoms with Crippen LogP contribution in [0.1, 0.15) is 29.6 Å². The van der Waals surface area contributed by atoms with Gasteiger partial charge in [0.05, 0.1) is 12.7 Å². The summed E-state index contributed by atoms with van der Waals surface area (Å²) in [4.78, 5) is 12.6. The Morgan fingerprint density at radius 2 is 2.20 bits per heavy atom. The molecule has 1 spiro atoms. The number of methoxy groups -OCH3 is 1. The highest BCUT2D eigenvalue weighted by molar-refractivity contribution is 7.99. The van der Waals surface area contributed by atoms with Gasteiger partial charge < -0.3 is 9.47 Å². The minimum Gasteiger partial charge on any atom is -0.497 e. The fraction of sp³-hybridized carbons (Fsp3) is 0.562. The van der Waals surface area contributed by atoms with Crippen molar-refractivity contribution in [2.75, 3.05) is 25.2 Å². The number of benzene rings is 1. The second-order valence-electron chi connectivity index (χ2n) is 5.62. The Morgan fingerprint density at radius 1 is 1.40 bits per heavy atom. The molecule has 2 unspecified atom stereocenters. The molecule has 3 rings (SSSR count). The van der Waals surface area contributed by atoms with E-state index < -0.39 is 0 Å². The van der Waals surface area contributed by atoms with E-state index in [9.17, 15) is 4.79 Å². The second-order valence-corrected chi connectivity index (χ2v) is 6.72. The van der Waals surface area contributed by atoms with E-state index in [0.29, 0.717) is 6.61 Å². The number of thioether (sulfide) groups is 1. The van der Waals surface area contributed by atoms with Crippen LogP contribution < -0.4 is 4.74 Å². The van der Waals surface area contributed by atoms with Gasteiger partial charge in [-0.15, -0.1) is 0 Å². The van der Waals surface area contributed by atoms with Crippen LogP contribution in [0.15, 0.2) is 24.3 Å². The van der Waals surface area contributed by atoms with Crippen molar-refractivity contribution in [3.8, 4) is 5.75 Å². The molecule has 0 saturated carbocycles. The summed E-state index contributed by atoms with van der Waals surface area (Å²) < 4.78 is 11.1. The summed E-state index contributed by atoms with van der Waals surface area (Å²) >= 11 is 1.94. The lowest BCUT2D eigenvalue weighted by Gasteiger charge is -2.37. The van der Waals surface area contributed by atoms with Gasteiger partial charge in [-0.3, -0.25) is 4.79 Å². The number of carbonyl (C=O) groups excluding carboxylic acids is 1. The van der Waals surface area contributed by atoms with E-state index in [0.717, 1.165) is 42.1 Å². The average molecular weight is 292 g/mol. The first kappa shape index (κ1) is 14.0. The maximum absolute atomic E-state index is 12.6. The number of Topliss-reactive ketones (excluding diaryl/α,β-unsaturated/α-hetero) is 1. The molecule has 2 aliphatic rings. The first-order valence-electron chi connectivity index (χ1n) is 7.12. The van der Waals surface area contributed by atoms with Gasteiger partial charge in [0.1, 0.15) is 5.75 Å². The summed E-state index contributed by atoms with van der Waals surface area (Å²) in [5.41, 5.74) is 0.758. The zero-order valence-corrected chi connectivity index (χ0v) is 12.6. The maximum atomic E-state index is 12.6. The number of ketones is 1. The van der Waals surface area contributed by atoms with E-state index >= 15 is 0 Å². The fourth-order valence-corrected chi connectivity index (χ4v) is 4.48. The van der Waals surface area contributed by atoms with E-state index in [1.165, 1.54) is 0 Å². The van der Waals surface area contributed by atoms with Gasteiger partial charge in [0.2, 0.25) is 0 Å². The minimum absolute atomic E-state index is 0.0320. The third-order valence-corrected chi connectivity index (χ3v) is 5.53. The van der Waals surface area contributed by atoms with Crippen LogP contribution >= 0.6 is 11.8 Å². The summed E-state index contributed by atoms with van der Waals surface area (Å²) in [5, 5.41) is 0. The largest absolute Gasteiger partial charge is 0.497 e. The smallest absolute Gasteiger partial charge is 0.166 e. The molecule has 0 aromatic heterocycles. The summed E-state index contributed by atoms with van der Waals surface area (Å²) in [7, 11) is 1.64. The topological polar surface area (TPSA) is 35.5 Å². The summed E-state index contributed by atoms with van der Waals surface area (Å²) in [6.07, 6.45) is 2.81. The van der Waals surface area contributed by atoms with Gasteiger partial charge in [-0.25, -0.2) is 0 Å². The molecule has 0 radical (unpaired) electrons. The molecular formula is C16H20O3S. The van der Waals surface area contributed by atoms with E-state index in [1.54, 1.807) is 7.11 Å². The Kier molecular flexibility index (Phi) is 4.03. The van der Waals surface area contributed by atoms with E-state index in [-0.39, 0.29) is 17.3 Å². The molecule has 0 amide bonds. The van der Waals surface area contributed by atoms with Crippen molar-refractivity contribution in [3.05, 3.63) is 29.8 Å². The van der Waals surface area contributed by atoms with Gasteiger partial charge >= 0.3 is 0 Å². The summed E-state index contributed by atoms with van der Waals surface area (Å²) in [6, 6.07) is 7.45. The SMILES string of the molecule is COc1ccc(C(=O)C2CCOC3(CCSC3)C2)cc1. The Labute approximate surface area is 124 Å². The molecule has 0 bridgehead atoms. The van der Waals surface area contributed by atoms with Crippen molar-refractivity contribution in [1.82, 2.24) is 0 Å². The highest BCUT2D eigenvalue weighted by Crippen LogP contribution is 2.41. The molecule has 2 atom stereocenters. The van der Waals surface area contributed by atoms with Crippen molar-refractivity contribution in [2.45, 2.75) is 24.9 Å². The highest BCUT2D eigenvalue weighted by Gasteiger charge is 2.42. The van der Waals surface area contributed by atoms with Crippen LogP contribution in [0.2, 0.25) is 0 Å². The quantitative estimate of drug-likeness (QED) is 0.802. The molecule has 2 aliphatic heterocycles. The van der Waals surface area contributed by atoms with E-state index in [1.807, 2.05) is 36.0 Å². The monoisotopic (exact) mass is 292 g/mol. The molecule has 0 N–H and O–H groups in total. The number of rotatable bonds is 3. The molecule has 4 heteroatoms. The summed E-state index contributed by atoms with van der Waals surface area (Å²) in [5.74, 6) is 3.35. The Hall–Kier alpha value is -1.00. The Bertz CT molecular complexity index is 477. The standard InChI is InChI=1S/C16H20O3S/c1-18-14-4-2-12(3-5-14)15(17)13-6-8-19-16(10-13)7-9-20-11-16/h2-5,13H,6-11H2,1H3. The van der Waals surface area contributed by atoms with Gasteiger partial charge in [0, 0.05) is 23.8 Å². The molecule has 3 nitrogen and oxygen atoms in total. The zero-order chi connectivity index (χ0) is 14.0. The number of ether oxygens (including phenoxy) is 2. The molecule has 108 valence electrons. The number of hydrogen-bond acceptors (Lipinski definition) is 4. The molecule has 1 aromatic rings. The van der Waals surface area contributed by atoms with Crippen LogP contribution in [0.3, 0.4) is 0 Å². The van der Waals surface area contributed by atoms with Gasteiger partial charge in [-0.2, -0.15) is 11.8 Å². The van der Waals surface area contributed by atoms with Crippen LogP contribution in [0, 0.1) is 5.92 Å². The molecular weight excluding hydrogens is 272 g/mol. The van der Waals surface area contributed by atoms with Crippen LogP contribution in [-0.4, -0.2) is 36.6 Å². The van der Waals surface area contributed by atoms with Gasteiger partial charge in [-0.05, 0) is 49.3 Å². The zero-order valence-electron chi connectivity index (χ0n) is 11.8. The number of hydrogen-bond donors (Lipinski definition) is 0. The van der Waals surface area contributed by atoms with E-state index in [4.69, 9.17) is 9.47 Å². The lowest BCUT2D eigenvalue weighted by molar-refractivity contribution is -0.0734. The fourth-order valence-electron chi connectivity index (χ4n) is 3.11. The maximum Gasteiger partial charge on any atom is 0.166 e. The third-order valence-electron chi connectivity index (χ3n) is 4.31. The van der Waals surface area contributed by atoms with Gasteiger partial charge in [-0.1, -0.05) is 0 Å². The lowest BCUT2D eigenvalue weighted by atomic mass is 9.81. The predicted molar refractivity (Wildman–Crippen MR) is 80.7 cm³/mol. The van der Waals surface area contributed by atoms with Crippen molar-refractivity contribution >= 4 is 17.5 Å². The molecule has 20 heavy (non-hydrogen) atoms.